The van der Waals surface area contributed by atoms with E-state index in [-0.39, 0.29) is 0 Å². The molecular weight excluding hydrogens is 619 g/mol. The molecule has 2 nitrogen and oxygen atoms in total. The summed E-state index contributed by atoms with van der Waals surface area (Å²) >= 11 is 0. The molecule has 8 aromatic carbocycles. The summed E-state index contributed by atoms with van der Waals surface area (Å²) in [6, 6.07) is 68.5. The van der Waals surface area contributed by atoms with Crippen molar-refractivity contribution in [3.8, 4) is 33.4 Å². The molecular formula is C49H31NO. The Labute approximate surface area is 296 Å². The maximum absolute atomic E-state index is 6.43. The summed E-state index contributed by atoms with van der Waals surface area (Å²) < 4.78 is 6.43. The Bertz CT molecular complexity index is 2760. The van der Waals surface area contributed by atoms with Crippen molar-refractivity contribution in [2.45, 2.75) is 5.41 Å². The van der Waals surface area contributed by atoms with Crippen LogP contribution in [0, 0.1) is 0 Å². The highest BCUT2D eigenvalue weighted by molar-refractivity contribution is 6.09. The Hall–Kier alpha value is -6.64. The van der Waals surface area contributed by atoms with Crippen LogP contribution in [-0.2, 0) is 5.41 Å². The molecule has 11 rings (SSSR count). The summed E-state index contributed by atoms with van der Waals surface area (Å²) in [4.78, 5) is 2.44. The maximum Gasteiger partial charge on any atom is 0.143 e. The number of nitrogens with zero attached hydrogens (tertiary/aromatic N) is 1. The van der Waals surface area contributed by atoms with Gasteiger partial charge in [-0.2, -0.15) is 0 Å². The normalized spacial score (nSPS) is 13.6. The maximum atomic E-state index is 6.43. The summed E-state index contributed by atoms with van der Waals surface area (Å²) in [6.07, 6.45) is 0. The highest BCUT2D eigenvalue weighted by Crippen LogP contribution is 2.64. The molecule has 51 heavy (non-hydrogen) atoms. The average molecular weight is 650 g/mol. The molecule has 0 atom stereocenters. The molecule has 2 heterocycles. The van der Waals surface area contributed by atoms with Crippen molar-refractivity contribution in [3.05, 3.63) is 210 Å². The van der Waals surface area contributed by atoms with Crippen LogP contribution in [-0.4, -0.2) is 0 Å². The Morgan fingerprint density at radius 2 is 0.902 bits per heavy atom. The van der Waals surface area contributed by atoms with Gasteiger partial charge in [0, 0.05) is 22.0 Å². The second-order valence-electron chi connectivity index (χ2n) is 13.6. The molecule has 1 spiro atoms. The lowest BCUT2D eigenvalue weighted by Crippen LogP contribution is -2.36. The van der Waals surface area contributed by atoms with Gasteiger partial charge in [0.1, 0.15) is 11.2 Å². The minimum Gasteiger partial charge on any atom is -0.455 e. The molecule has 0 saturated carbocycles. The summed E-state index contributed by atoms with van der Waals surface area (Å²) in [5, 5.41) is 2.29. The monoisotopic (exact) mass is 649 g/mol. The number of anilines is 3. The van der Waals surface area contributed by atoms with Crippen LogP contribution < -0.4 is 4.90 Å². The fourth-order valence-corrected chi connectivity index (χ4v) is 9.07. The van der Waals surface area contributed by atoms with Crippen LogP contribution >= 0.6 is 0 Å². The molecule has 1 aliphatic heterocycles. The minimum atomic E-state index is -0.514. The molecule has 1 aromatic heterocycles. The van der Waals surface area contributed by atoms with Gasteiger partial charge in [0.15, 0.2) is 0 Å². The molecule has 0 fully saturated rings. The van der Waals surface area contributed by atoms with Gasteiger partial charge in [-0.3, -0.25) is 0 Å². The highest BCUT2D eigenvalue weighted by atomic mass is 16.3. The Morgan fingerprint density at radius 1 is 0.373 bits per heavy atom. The standard InChI is InChI=1S/C49H31NO/c1-2-14-34(15-3-1)50-44-25-9-7-23-42(44)49(43-24-8-10-26-45(43)50)41-22-6-4-16-37(41)39-20-12-18-35(47(39)49)32-28-30-33(31-29-32)36-19-13-21-40-38-17-5-11-27-46(38)51-48(36)40/h1-31H. The van der Waals surface area contributed by atoms with Crippen LogP contribution in [0.4, 0.5) is 17.1 Å². The molecule has 9 aromatic rings. The van der Waals surface area contributed by atoms with Crippen molar-refractivity contribution < 1.29 is 4.42 Å². The second kappa shape index (κ2) is 10.7. The van der Waals surface area contributed by atoms with Crippen LogP contribution in [0.1, 0.15) is 22.3 Å². The van der Waals surface area contributed by atoms with Crippen molar-refractivity contribution in [2.75, 3.05) is 4.90 Å². The third-order valence-electron chi connectivity index (χ3n) is 11.1. The van der Waals surface area contributed by atoms with Crippen LogP contribution in [0.15, 0.2) is 192 Å². The van der Waals surface area contributed by atoms with E-state index < -0.39 is 5.41 Å². The first-order valence-corrected chi connectivity index (χ1v) is 17.6. The van der Waals surface area contributed by atoms with E-state index in [2.05, 4.69) is 181 Å². The molecule has 0 bridgehead atoms. The largest absolute Gasteiger partial charge is 0.455 e. The molecule has 0 saturated heterocycles. The third kappa shape index (κ3) is 3.82. The number of fused-ring (bicyclic) bond motifs is 12. The van der Waals surface area contributed by atoms with Gasteiger partial charge >= 0.3 is 0 Å². The number of para-hydroxylation sites is 5. The molecule has 0 amide bonds. The average Bonchev–Trinajstić information content (AvgIpc) is 3.73. The lowest BCUT2D eigenvalue weighted by Gasteiger charge is -2.45. The lowest BCUT2D eigenvalue weighted by molar-refractivity contribution is 0.670. The first-order valence-electron chi connectivity index (χ1n) is 17.6. The summed E-state index contributed by atoms with van der Waals surface area (Å²) in [7, 11) is 0. The fraction of sp³-hybridized carbons (Fsp3) is 0.0204. The van der Waals surface area contributed by atoms with E-state index in [9.17, 15) is 0 Å². The van der Waals surface area contributed by atoms with Crippen molar-refractivity contribution in [1.29, 1.82) is 0 Å². The second-order valence-corrected chi connectivity index (χ2v) is 13.6. The molecule has 0 N–H and O–H groups in total. The van der Waals surface area contributed by atoms with E-state index >= 15 is 0 Å². The highest BCUT2D eigenvalue weighted by Gasteiger charge is 2.52. The first-order chi connectivity index (χ1) is 25.3. The first kappa shape index (κ1) is 28.2. The van der Waals surface area contributed by atoms with Crippen molar-refractivity contribution in [3.63, 3.8) is 0 Å². The lowest BCUT2D eigenvalue weighted by atomic mass is 9.63. The van der Waals surface area contributed by atoms with Gasteiger partial charge in [-0.1, -0.05) is 158 Å². The smallest absolute Gasteiger partial charge is 0.143 e. The Kier molecular flexibility index (Phi) is 5.91. The SMILES string of the molecule is c1ccc(N2c3ccccc3C3(c4ccccc4-c4cccc(-c5ccc(-c6cccc7c6oc6ccccc67)cc5)c43)c3ccccc32)cc1. The molecule has 238 valence electrons. The summed E-state index contributed by atoms with van der Waals surface area (Å²) in [5.74, 6) is 0. The number of hydrogen-bond donors (Lipinski definition) is 0. The van der Waals surface area contributed by atoms with E-state index in [4.69, 9.17) is 4.42 Å². The van der Waals surface area contributed by atoms with Crippen molar-refractivity contribution in [1.82, 2.24) is 0 Å². The molecule has 0 radical (unpaired) electrons. The van der Waals surface area contributed by atoms with Gasteiger partial charge < -0.3 is 9.32 Å². The molecule has 1 aliphatic carbocycles. The van der Waals surface area contributed by atoms with Crippen LogP contribution in [0.25, 0.3) is 55.3 Å². The van der Waals surface area contributed by atoms with Gasteiger partial charge in [-0.15, -0.1) is 0 Å². The van der Waals surface area contributed by atoms with E-state index in [0.717, 1.165) is 38.8 Å². The van der Waals surface area contributed by atoms with Gasteiger partial charge in [0.05, 0.1) is 16.8 Å². The predicted molar refractivity (Wildman–Crippen MR) is 210 cm³/mol. The van der Waals surface area contributed by atoms with Gasteiger partial charge in [-0.25, -0.2) is 0 Å². The number of rotatable bonds is 3. The predicted octanol–water partition coefficient (Wildman–Crippen LogP) is 13.1. The topological polar surface area (TPSA) is 16.4 Å². The van der Waals surface area contributed by atoms with Crippen LogP contribution in [0.3, 0.4) is 0 Å². The van der Waals surface area contributed by atoms with Crippen molar-refractivity contribution >= 4 is 39.0 Å². The summed E-state index contributed by atoms with van der Waals surface area (Å²) in [6.45, 7) is 0. The zero-order valence-electron chi connectivity index (χ0n) is 27.8. The van der Waals surface area contributed by atoms with Crippen molar-refractivity contribution in [2.24, 2.45) is 0 Å². The number of hydrogen-bond acceptors (Lipinski definition) is 2. The number of furan rings is 1. The third-order valence-corrected chi connectivity index (χ3v) is 11.1. The quantitative estimate of drug-likeness (QED) is 0.189. The zero-order chi connectivity index (χ0) is 33.5. The molecule has 0 unspecified atom stereocenters. The zero-order valence-corrected chi connectivity index (χ0v) is 27.8. The van der Waals surface area contributed by atoms with Crippen LogP contribution in [0.2, 0.25) is 0 Å². The van der Waals surface area contributed by atoms with E-state index in [0.29, 0.717) is 0 Å². The summed E-state index contributed by atoms with van der Waals surface area (Å²) in [5.41, 5.74) is 17.4. The van der Waals surface area contributed by atoms with Crippen LogP contribution in [0.5, 0.6) is 0 Å². The molecule has 2 aliphatic rings. The number of benzene rings is 8. The van der Waals surface area contributed by atoms with Gasteiger partial charge in [0.25, 0.3) is 0 Å². The van der Waals surface area contributed by atoms with Gasteiger partial charge in [-0.05, 0) is 80.4 Å². The Morgan fingerprint density at radius 3 is 1.67 bits per heavy atom. The van der Waals surface area contributed by atoms with E-state index in [1.807, 2.05) is 12.1 Å². The van der Waals surface area contributed by atoms with Gasteiger partial charge in [0.2, 0.25) is 0 Å². The minimum absolute atomic E-state index is 0.514. The molecule has 2 heteroatoms. The Balaban J connectivity index is 1.16. The van der Waals surface area contributed by atoms with E-state index in [1.54, 1.807) is 0 Å². The van der Waals surface area contributed by atoms with E-state index in [1.165, 1.54) is 55.9 Å². The fourth-order valence-electron chi connectivity index (χ4n) is 9.07.